The molecule has 11 heteroatoms. The van der Waals surface area contributed by atoms with Crippen LogP contribution in [-0.4, -0.2) is 71.4 Å². The van der Waals surface area contributed by atoms with Gasteiger partial charge in [0, 0.05) is 18.8 Å². The Hall–Kier alpha value is -4.19. The average molecular weight is 663 g/mol. The van der Waals surface area contributed by atoms with Gasteiger partial charge in [-0.1, -0.05) is 36.4 Å². The summed E-state index contributed by atoms with van der Waals surface area (Å²) in [6.45, 7) is 1.36. The number of piperidine rings is 1. The van der Waals surface area contributed by atoms with Crippen LogP contribution in [0.3, 0.4) is 0 Å². The fourth-order valence-electron chi connectivity index (χ4n) is 6.88. The maximum absolute atomic E-state index is 13.7. The van der Waals surface area contributed by atoms with Crippen molar-refractivity contribution >= 4 is 23.5 Å². The van der Waals surface area contributed by atoms with Crippen LogP contribution in [0.5, 0.6) is 0 Å². The van der Waals surface area contributed by atoms with Crippen LogP contribution >= 0.6 is 0 Å². The zero-order chi connectivity index (χ0) is 33.8. The largest absolute Gasteiger partial charge is 0.481 e. The van der Waals surface area contributed by atoms with Gasteiger partial charge in [0.15, 0.2) is 0 Å². The van der Waals surface area contributed by atoms with Crippen LogP contribution in [0.4, 0.5) is 14.5 Å². The summed E-state index contributed by atoms with van der Waals surface area (Å²) in [5.74, 6) is -2.93. The lowest BCUT2D eigenvalue weighted by Gasteiger charge is -2.48. The lowest BCUT2D eigenvalue weighted by molar-refractivity contribution is -0.214. The molecule has 0 aliphatic carbocycles. The molecule has 48 heavy (non-hydrogen) atoms. The monoisotopic (exact) mass is 662 g/mol. The van der Waals surface area contributed by atoms with Gasteiger partial charge in [-0.15, -0.1) is 0 Å². The van der Waals surface area contributed by atoms with E-state index in [4.69, 9.17) is 9.47 Å². The van der Waals surface area contributed by atoms with Crippen LogP contribution in [0.15, 0.2) is 72.8 Å². The van der Waals surface area contributed by atoms with Crippen molar-refractivity contribution in [2.75, 3.05) is 37.8 Å². The van der Waals surface area contributed by atoms with E-state index in [9.17, 15) is 33.4 Å². The molecular formula is C37H40F2N2O7. The number of likely N-dealkylation sites (tertiary alicyclic amines) is 1. The molecule has 3 aliphatic rings. The maximum Gasteiger partial charge on any atom is 0.308 e. The summed E-state index contributed by atoms with van der Waals surface area (Å²) in [7, 11) is 0. The highest BCUT2D eigenvalue weighted by atomic mass is 19.1. The summed E-state index contributed by atoms with van der Waals surface area (Å²) in [6, 6.07) is 19.1. The molecule has 3 aliphatic heterocycles. The number of carbonyl (C=O) groups is 3. The fraction of sp³-hybridized carbons (Fsp3) is 0.432. The molecular weight excluding hydrogens is 622 g/mol. The number of carboxylic acids is 1. The van der Waals surface area contributed by atoms with Crippen LogP contribution in [-0.2, 0) is 30.3 Å². The second kappa shape index (κ2) is 14.5. The van der Waals surface area contributed by atoms with Crippen molar-refractivity contribution in [2.24, 2.45) is 11.8 Å². The number of carbonyl (C=O) groups excluding carboxylic acids is 2. The zero-order valence-corrected chi connectivity index (χ0v) is 26.6. The highest BCUT2D eigenvalue weighted by Gasteiger charge is 2.48. The van der Waals surface area contributed by atoms with Gasteiger partial charge < -0.3 is 29.5 Å². The van der Waals surface area contributed by atoms with E-state index in [-0.39, 0.29) is 36.8 Å². The summed E-state index contributed by atoms with van der Waals surface area (Å²) < 4.78 is 38.6. The third kappa shape index (κ3) is 7.43. The van der Waals surface area contributed by atoms with Crippen LogP contribution in [0.2, 0.25) is 0 Å². The van der Waals surface area contributed by atoms with E-state index >= 15 is 0 Å². The number of aliphatic hydroxyl groups excluding tert-OH is 1. The van der Waals surface area contributed by atoms with Gasteiger partial charge in [0.25, 0.3) is 0 Å². The lowest BCUT2D eigenvalue weighted by Crippen LogP contribution is -2.55. The van der Waals surface area contributed by atoms with Gasteiger partial charge in [0.05, 0.1) is 37.2 Å². The first kappa shape index (κ1) is 33.7. The van der Waals surface area contributed by atoms with Gasteiger partial charge in [0.2, 0.25) is 11.8 Å². The third-order valence-corrected chi connectivity index (χ3v) is 9.87. The highest BCUT2D eigenvalue weighted by molar-refractivity contribution is 6.03. The Bertz CT molecular complexity index is 1600. The van der Waals surface area contributed by atoms with Crippen molar-refractivity contribution in [1.82, 2.24) is 4.90 Å². The molecule has 9 nitrogen and oxygen atoms in total. The number of rotatable bonds is 13. The lowest BCUT2D eigenvalue weighted by atomic mass is 9.78. The van der Waals surface area contributed by atoms with E-state index in [0.29, 0.717) is 69.5 Å². The minimum atomic E-state index is -0.883. The number of ether oxygens (including phenoxy) is 2. The first-order chi connectivity index (χ1) is 23.1. The first-order valence-electron chi connectivity index (χ1n) is 16.5. The summed E-state index contributed by atoms with van der Waals surface area (Å²) in [5.41, 5.74) is 2.54. The molecule has 3 fully saturated rings. The molecule has 3 heterocycles. The molecule has 3 aromatic carbocycles. The Balaban J connectivity index is 1.09. The Kier molecular flexibility index (Phi) is 10.2. The van der Waals surface area contributed by atoms with Crippen molar-refractivity contribution < 1.29 is 42.9 Å². The van der Waals surface area contributed by atoms with Crippen molar-refractivity contribution in [3.63, 3.8) is 0 Å². The van der Waals surface area contributed by atoms with E-state index in [2.05, 4.69) is 0 Å². The predicted octanol–water partition coefficient (Wildman–Crippen LogP) is 5.22. The molecule has 4 atom stereocenters. The van der Waals surface area contributed by atoms with E-state index in [0.717, 1.165) is 11.1 Å². The number of β-lactam (4-membered cyclic amide) rings is 1. The molecule has 0 bridgehead atoms. The third-order valence-electron chi connectivity index (χ3n) is 9.87. The number of amides is 2. The Morgan fingerprint density at radius 1 is 0.979 bits per heavy atom. The standard InChI is InChI=1S/C37H40F2N2O7/c38-28-9-7-25(8-10-28)32(42)16-15-31-34(41(35(31)44)30-13-11-29(39)12-14-30)26-5-3-24(4-6-26)17-18-37(22-47-23-37)48-21-33(43)40-19-1-2-27(20-40)36(45)46/h3-14,27,31-32,34,42H,1-2,15-23H2,(H,45,46)/t27?,31-,32+,34-/m1/s1. The summed E-state index contributed by atoms with van der Waals surface area (Å²) in [4.78, 5) is 40.9. The number of anilines is 1. The normalized spacial score (nSPS) is 22.5. The predicted molar refractivity (Wildman–Crippen MR) is 172 cm³/mol. The number of aryl methyl sites for hydroxylation is 1. The van der Waals surface area contributed by atoms with E-state index in [1.54, 1.807) is 21.9 Å². The summed E-state index contributed by atoms with van der Waals surface area (Å²) in [5, 5.41) is 20.1. The fourth-order valence-corrected chi connectivity index (χ4v) is 6.88. The number of hydrogen-bond acceptors (Lipinski definition) is 6. The molecule has 3 saturated heterocycles. The van der Waals surface area contributed by atoms with E-state index in [1.165, 1.54) is 36.4 Å². The number of carboxylic acid groups (broad SMARTS) is 1. The van der Waals surface area contributed by atoms with Crippen LogP contribution in [0, 0.1) is 23.5 Å². The van der Waals surface area contributed by atoms with Crippen LogP contribution in [0.1, 0.15) is 60.9 Å². The SMILES string of the molecule is O=C(O)C1CCCN(C(=O)COC2(CCc3ccc([C@@H]4[C@@H](CC[C@H](O)c5ccc(F)cc5)C(=O)N4c4ccc(F)cc4)cc3)COC2)C1. The molecule has 0 aromatic heterocycles. The number of nitrogens with zero attached hydrogens (tertiary/aromatic N) is 2. The van der Waals surface area contributed by atoms with Crippen LogP contribution < -0.4 is 4.90 Å². The Labute approximate surface area is 278 Å². The number of halogens is 2. The van der Waals surface area contributed by atoms with E-state index in [1.807, 2.05) is 24.3 Å². The quantitative estimate of drug-likeness (QED) is 0.241. The number of benzene rings is 3. The second-order valence-corrected chi connectivity index (χ2v) is 13.1. The number of hydrogen-bond donors (Lipinski definition) is 2. The van der Waals surface area contributed by atoms with Crippen LogP contribution in [0.25, 0.3) is 0 Å². The Morgan fingerprint density at radius 3 is 2.27 bits per heavy atom. The van der Waals surface area contributed by atoms with E-state index < -0.39 is 35.3 Å². The summed E-state index contributed by atoms with van der Waals surface area (Å²) in [6.07, 6.45) is 2.41. The minimum Gasteiger partial charge on any atom is -0.481 e. The van der Waals surface area contributed by atoms with Gasteiger partial charge in [0.1, 0.15) is 23.8 Å². The molecule has 2 amide bonds. The second-order valence-electron chi connectivity index (χ2n) is 13.1. The Morgan fingerprint density at radius 2 is 1.65 bits per heavy atom. The van der Waals surface area contributed by atoms with Gasteiger partial charge in [-0.05, 0) is 91.6 Å². The van der Waals surface area contributed by atoms with Crippen molar-refractivity contribution in [3.8, 4) is 0 Å². The van der Waals surface area contributed by atoms with Crippen molar-refractivity contribution in [3.05, 3.63) is 101 Å². The zero-order valence-electron chi connectivity index (χ0n) is 26.6. The molecule has 254 valence electrons. The molecule has 1 unspecified atom stereocenters. The minimum absolute atomic E-state index is 0.108. The maximum atomic E-state index is 13.7. The molecule has 0 spiro atoms. The number of aliphatic carboxylic acids is 1. The van der Waals surface area contributed by atoms with Crippen molar-refractivity contribution in [1.29, 1.82) is 0 Å². The molecule has 0 saturated carbocycles. The average Bonchev–Trinajstić information content (AvgIpc) is 3.08. The molecule has 3 aromatic rings. The van der Waals surface area contributed by atoms with Gasteiger partial charge >= 0.3 is 5.97 Å². The molecule has 0 radical (unpaired) electrons. The smallest absolute Gasteiger partial charge is 0.308 e. The molecule has 2 N–H and O–H groups in total. The van der Waals surface area contributed by atoms with Gasteiger partial charge in [-0.2, -0.15) is 0 Å². The van der Waals surface area contributed by atoms with Gasteiger partial charge in [-0.25, -0.2) is 8.78 Å². The van der Waals surface area contributed by atoms with Crippen molar-refractivity contribution in [2.45, 2.75) is 56.3 Å². The topological polar surface area (TPSA) is 117 Å². The first-order valence-corrected chi connectivity index (χ1v) is 16.5. The summed E-state index contributed by atoms with van der Waals surface area (Å²) >= 11 is 0. The van der Waals surface area contributed by atoms with Gasteiger partial charge in [-0.3, -0.25) is 14.4 Å². The number of aliphatic hydroxyl groups is 1. The molecule has 6 rings (SSSR count). The highest BCUT2D eigenvalue weighted by Crippen LogP contribution is 2.46.